The Morgan fingerprint density at radius 2 is 1.78 bits per heavy atom. The highest BCUT2D eigenvalue weighted by Crippen LogP contribution is 2.32. The number of sulfonamides is 1. The first-order chi connectivity index (χ1) is 15.3. The van der Waals surface area contributed by atoms with E-state index in [-0.39, 0.29) is 21.8 Å². The molecule has 162 valence electrons. The fourth-order valence-electron chi connectivity index (χ4n) is 3.31. The molecule has 0 fully saturated rings. The SMILES string of the molecule is O=[N+]([O-])c1cc(S(=O)(=O)N(Cc2ccc(F)c3cccnc23)c2ccccc2)ccc1Cl. The van der Waals surface area contributed by atoms with Crippen molar-refractivity contribution in [1.82, 2.24) is 4.98 Å². The predicted octanol–water partition coefficient (Wildman–Crippen LogP) is 5.33. The van der Waals surface area contributed by atoms with Gasteiger partial charge in [0, 0.05) is 17.6 Å². The van der Waals surface area contributed by atoms with Gasteiger partial charge in [0.2, 0.25) is 0 Å². The van der Waals surface area contributed by atoms with E-state index in [1.165, 1.54) is 30.5 Å². The average molecular weight is 472 g/mol. The Morgan fingerprint density at radius 1 is 1.03 bits per heavy atom. The van der Waals surface area contributed by atoms with Gasteiger partial charge in [-0.2, -0.15) is 0 Å². The number of benzene rings is 3. The maximum atomic E-state index is 14.2. The quantitative estimate of drug-likeness (QED) is 0.280. The maximum absolute atomic E-state index is 14.2. The average Bonchev–Trinajstić information content (AvgIpc) is 2.79. The van der Waals surface area contributed by atoms with Crippen molar-refractivity contribution in [2.75, 3.05) is 4.31 Å². The zero-order chi connectivity index (χ0) is 22.9. The van der Waals surface area contributed by atoms with Gasteiger partial charge in [-0.1, -0.05) is 35.9 Å². The molecule has 0 amide bonds. The number of rotatable bonds is 6. The molecule has 0 aliphatic carbocycles. The molecule has 0 unspecified atom stereocenters. The van der Waals surface area contributed by atoms with Gasteiger partial charge in [0.1, 0.15) is 10.8 Å². The molecule has 10 heteroatoms. The maximum Gasteiger partial charge on any atom is 0.289 e. The van der Waals surface area contributed by atoms with Crippen LogP contribution < -0.4 is 4.31 Å². The number of anilines is 1. The molecular weight excluding hydrogens is 457 g/mol. The van der Waals surface area contributed by atoms with Crippen LogP contribution in [0, 0.1) is 15.9 Å². The smallest absolute Gasteiger partial charge is 0.262 e. The second kappa shape index (κ2) is 8.52. The molecule has 3 aromatic carbocycles. The molecule has 7 nitrogen and oxygen atoms in total. The van der Waals surface area contributed by atoms with Crippen molar-refractivity contribution in [2.24, 2.45) is 0 Å². The van der Waals surface area contributed by atoms with Crippen LogP contribution in [0.15, 0.2) is 83.9 Å². The van der Waals surface area contributed by atoms with Gasteiger partial charge in [-0.25, -0.2) is 12.8 Å². The van der Waals surface area contributed by atoms with E-state index in [1.807, 2.05) is 0 Å². The van der Waals surface area contributed by atoms with Gasteiger partial charge >= 0.3 is 0 Å². The predicted molar refractivity (Wildman–Crippen MR) is 120 cm³/mol. The second-order valence-electron chi connectivity index (χ2n) is 6.82. The fourth-order valence-corrected chi connectivity index (χ4v) is 4.96. The van der Waals surface area contributed by atoms with Gasteiger partial charge in [-0.15, -0.1) is 0 Å². The van der Waals surface area contributed by atoms with Gasteiger partial charge in [-0.3, -0.25) is 19.4 Å². The van der Waals surface area contributed by atoms with Crippen molar-refractivity contribution in [3.05, 3.63) is 106 Å². The topological polar surface area (TPSA) is 93.4 Å². The van der Waals surface area contributed by atoms with E-state index in [0.717, 1.165) is 10.4 Å². The number of hydrogen-bond donors (Lipinski definition) is 0. The third-order valence-corrected chi connectivity index (χ3v) is 6.95. The molecule has 4 rings (SSSR count). The number of nitro benzene ring substituents is 1. The molecule has 0 aliphatic rings. The molecule has 0 bridgehead atoms. The Balaban J connectivity index is 1.87. The van der Waals surface area contributed by atoms with Gasteiger partial charge in [-0.05, 0) is 48.0 Å². The summed E-state index contributed by atoms with van der Waals surface area (Å²) in [5.41, 5.74) is 0.608. The molecule has 4 aromatic rings. The highest BCUT2D eigenvalue weighted by Gasteiger charge is 2.28. The van der Waals surface area contributed by atoms with Gasteiger partial charge in [0.25, 0.3) is 15.7 Å². The number of para-hydroxylation sites is 1. The van der Waals surface area contributed by atoms with Crippen molar-refractivity contribution in [3.63, 3.8) is 0 Å². The lowest BCUT2D eigenvalue weighted by Crippen LogP contribution is -2.30. The molecule has 1 aromatic heterocycles. The van der Waals surface area contributed by atoms with Crippen molar-refractivity contribution in [2.45, 2.75) is 11.4 Å². The fraction of sp³-hybridized carbons (Fsp3) is 0.0455. The lowest BCUT2D eigenvalue weighted by atomic mass is 10.1. The standard InChI is InChI=1S/C22H15ClFN3O4S/c23-19-10-9-17(13-21(19)27(28)29)32(30,31)26(16-5-2-1-3-6-16)14-15-8-11-20(24)18-7-4-12-25-22(15)18/h1-13H,14H2. The minimum absolute atomic E-state index is 0.170. The third kappa shape index (κ3) is 4.00. The highest BCUT2D eigenvalue weighted by atomic mass is 35.5. The first-order valence-corrected chi connectivity index (χ1v) is 11.1. The van der Waals surface area contributed by atoms with Crippen LogP contribution in [0.4, 0.5) is 15.8 Å². The largest absolute Gasteiger partial charge is 0.289 e. The van der Waals surface area contributed by atoms with Crippen LogP contribution in [-0.2, 0) is 16.6 Å². The van der Waals surface area contributed by atoms with Crippen molar-refractivity contribution in [1.29, 1.82) is 0 Å². The van der Waals surface area contributed by atoms with Crippen molar-refractivity contribution < 1.29 is 17.7 Å². The van der Waals surface area contributed by atoms with E-state index in [9.17, 15) is 22.9 Å². The van der Waals surface area contributed by atoms with Crippen molar-refractivity contribution in [3.8, 4) is 0 Å². The third-order valence-electron chi connectivity index (χ3n) is 4.86. The first-order valence-electron chi connectivity index (χ1n) is 9.33. The number of fused-ring (bicyclic) bond motifs is 1. The number of aromatic nitrogens is 1. The highest BCUT2D eigenvalue weighted by molar-refractivity contribution is 7.92. The van der Waals surface area contributed by atoms with E-state index in [2.05, 4.69) is 4.98 Å². The monoisotopic (exact) mass is 471 g/mol. The number of nitro groups is 1. The van der Waals surface area contributed by atoms with E-state index >= 15 is 0 Å². The number of halogens is 2. The summed E-state index contributed by atoms with van der Waals surface area (Å²) in [6, 6.07) is 17.5. The van der Waals surface area contributed by atoms with Gasteiger partial charge in [0.05, 0.1) is 27.6 Å². The summed E-state index contributed by atoms with van der Waals surface area (Å²) >= 11 is 5.85. The minimum Gasteiger partial charge on any atom is -0.262 e. The van der Waals surface area contributed by atoms with E-state index in [0.29, 0.717) is 16.8 Å². The lowest BCUT2D eigenvalue weighted by molar-refractivity contribution is -0.384. The van der Waals surface area contributed by atoms with Crippen LogP contribution in [0.3, 0.4) is 0 Å². The molecular formula is C22H15ClFN3O4S. The Labute approximate surface area is 187 Å². The number of pyridine rings is 1. The van der Waals surface area contributed by atoms with Crippen LogP contribution in [-0.4, -0.2) is 18.3 Å². The molecule has 0 saturated carbocycles. The lowest BCUT2D eigenvalue weighted by Gasteiger charge is -2.25. The molecule has 0 saturated heterocycles. The zero-order valence-corrected chi connectivity index (χ0v) is 17.9. The molecule has 0 spiro atoms. The summed E-state index contributed by atoms with van der Waals surface area (Å²) in [5, 5.41) is 11.4. The Kier molecular flexibility index (Phi) is 5.77. The van der Waals surface area contributed by atoms with Crippen LogP contribution in [0.25, 0.3) is 10.9 Å². The molecule has 0 aliphatic heterocycles. The van der Waals surface area contributed by atoms with Gasteiger partial charge < -0.3 is 0 Å². The van der Waals surface area contributed by atoms with Crippen LogP contribution >= 0.6 is 11.6 Å². The van der Waals surface area contributed by atoms with Crippen LogP contribution in [0.5, 0.6) is 0 Å². The second-order valence-corrected chi connectivity index (χ2v) is 9.09. The number of hydrogen-bond acceptors (Lipinski definition) is 5. The van der Waals surface area contributed by atoms with E-state index in [4.69, 9.17) is 11.6 Å². The molecule has 0 atom stereocenters. The van der Waals surface area contributed by atoms with E-state index < -0.39 is 26.5 Å². The summed E-state index contributed by atoms with van der Waals surface area (Å²) < 4.78 is 42.5. The zero-order valence-electron chi connectivity index (χ0n) is 16.4. The summed E-state index contributed by atoms with van der Waals surface area (Å²) in [6.07, 6.45) is 1.50. The summed E-state index contributed by atoms with van der Waals surface area (Å²) in [6.45, 7) is -0.170. The van der Waals surface area contributed by atoms with Crippen LogP contribution in [0.1, 0.15) is 5.56 Å². The Bertz CT molecular complexity index is 1430. The van der Waals surface area contributed by atoms with E-state index in [1.54, 1.807) is 42.5 Å². The first kappa shape index (κ1) is 21.7. The summed E-state index contributed by atoms with van der Waals surface area (Å²) in [5.74, 6) is -0.473. The van der Waals surface area contributed by atoms with Gasteiger partial charge in [0.15, 0.2) is 0 Å². The summed E-state index contributed by atoms with van der Waals surface area (Å²) in [7, 11) is -4.26. The molecule has 0 N–H and O–H groups in total. The normalized spacial score (nSPS) is 11.4. The van der Waals surface area contributed by atoms with Crippen LogP contribution in [0.2, 0.25) is 5.02 Å². The molecule has 1 heterocycles. The Hall–Kier alpha value is -3.56. The number of nitrogens with zero attached hydrogens (tertiary/aromatic N) is 3. The minimum atomic E-state index is -4.26. The Morgan fingerprint density at radius 3 is 2.50 bits per heavy atom. The molecule has 32 heavy (non-hydrogen) atoms. The molecule has 0 radical (unpaired) electrons. The van der Waals surface area contributed by atoms with Crippen molar-refractivity contribution >= 4 is 43.9 Å². The summed E-state index contributed by atoms with van der Waals surface area (Å²) in [4.78, 5) is 14.5.